The van der Waals surface area contributed by atoms with Crippen LogP contribution in [0.2, 0.25) is 0 Å². The first kappa shape index (κ1) is 11.4. The number of H-pyrrole nitrogens is 1. The predicted octanol–water partition coefficient (Wildman–Crippen LogP) is 2.76. The van der Waals surface area contributed by atoms with Gasteiger partial charge in [-0.15, -0.1) is 0 Å². The van der Waals surface area contributed by atoms with E-state index in [0.717, 1.165) is 29.7 Å². The molecule has 2 N–H and O–H groups in total. The minimum absolute atomic E-state index is 0.317. The van der Waals surface area contributed by atoms with E-state index in [1.165, 1.54) is 16.7 Å². The first-order valence-corrected chi connectivity index (χ1v) is 6.82. The van der Waals surface area contributed by atoms with Gasteiger partial charge in [-0.1, -0.05) is 18.2 Å². The van der Waals surface area contributed by atoms with Crippen LogP contribution in [0.3, 0.4) is 0 Å². The molecule has 0 saturated heterocycles. The summed E-state index contributed by atoms with van der Waals surface area (Å²) >= 11 is 0. The maximum Gasteiger partial charge on any atom is 0.160 e. The molecule has 3 aromatic rings. The Kier molecular flexibility index (Phi) is 2.45. The first-order valence-electron chi connectivity index (χ1n) is 6.82. The summed E-state index contributed by atoms with van der Waals surface area (Å²) in [6.45, 7) is 2.18. The second-order valence-electron chi connectivity index (χ2n) is 5.23. The highest BCUT2D eigenvalue weighted by molar-refractivity contribution is 5.85. The second kappa shape index (κ2) is 4.30. The Bertz CT molecular complexity index is 777. The maximum absolute atomic E-state index is 4.36. The molecule has 5 nitrogen and oxygen atoms in total. The zero-order chi connectivity index (χ0) is 13.5. The zero-order valence-electron chi connectivity index (χ0n) is 11.2. The molecule has 0 fully saturated rings. The van der Waals surface area contributed by atoms with Crippen LogP contribution in [0.25, 0.3) is 11.0 Å². The Balaban J connectivity index is 1.72. The Labute approximate surface area is 116 Å². The predicted molar refractivity (Wildman–Crippen MR) is 77.5 cm³/mol. The Morgan fingerprint density at radius 3 is 3.20 bits per heavy atom. The van der Waals surface area contributed by atoms with E-state index in [2.05, 4.69) is 50.6 Å². The monoisotopic (exact) mass is 265 g/mol. The number of aromatic nitrogens is 4. The van der Waals surface area contributed by atoms with Crippen LogP contribution in [-0.4, -0.2) is 20.2 Å². The Hall–Kier alpha value is -2.43. The van der Waals surface area contributed by atoms with E-state index in [-0.39, 0.29) is 0 Å². The normalized spacial score (nSPS) is 17.4. The number of aryl methyl sites for hydroxylation is 1. The van der Waals surface area contributed by atoms with Crippen LogP contribution < -0.4 is 5.32 Å². The summed E-state index contributed by atoms with van der Waals surface area (Å²) in [5, 5.41) is 11.4. The molecule has 0 spiro atoms. The summed E-state index contributed by atoms with van der Waals surface area (Å²) in [5.41, 5.74) is 5.01. The van der Waals surface area contributed by atoms with Crippen molar-refractivity contribution in [2.75, 3.05) is 5.32 Å². The number of anilines is 1. The van der Waals surface area contributed by atoms with Gasteiger partial charge in [0, 0.05) is 0 Å². The molecule has 5 heteroatoms. The highest BCUT2D eigenvalue weighted by Gasteiger charge is 2.24. The maximum atomic E-state index is 4.36. The second-order valence-corrected chi connectivity index (χ2v) is 5.23. The average molecular weight is 265 g/mol. The van der Waals surface area contributed by atoms with Crippen molar-refractivity contribution in [2.24, 2.45) is 0 Å². The van der Waals surface area contributed by atoms with Crippen LogP contribution in [0.15, 0.2) is 30.7 Å². The standard InChI is InChI=1S/C15H15N5/c1-9-3-2-4-11-10(9)5-6-13(11)19-14-12-7-18-20-15(12)17-8-16-14/h2-4,7-8,13H,5-6H2,1H3,(H2,16,17,18,19,20). The van der Waals surface area contributed by atoms with E-state index in [1.807, 2.05) is 0 Å². The van der Waals surface area contributed by atoms with Crippen LogP contribution >= 0.6 is 0 Å². The Morgan fingerprint density at radius 2 is 2.25 bits per heavy atom. The summed E-state index contributed by atoms with van der Waals surface area (Å²) in [5.74, 6) is 0.850. The molecule has 0 amide bonds. The van der Waals surface area contributed by atoms with Crippen molar-refractivity contribution >= 4 is 16.9 Å². The van der Waals surface area contributed by atoms with Gasteiger partial charge in [0.25, 0.3) is 0 Å². The number of rotatable bonds is 2. The molecule has 0 saturated carbocycles. The third-order valence-corrected chi connectivity index (χ3v) is 4.06. The summed E-state index contributed by atoms with van der Waals surface area (Å²) in [4.78, 5) is 8.52. The smallest absolute Gasteiger partial charge is 0.160 e. The SMILES string of the molecule is Cc1cccc2c1CCC2Nc1ncnc2[nH]ncc12. The van der Waals surface area contributed by atoms with E-state index >= 15 is 0 Å². The fourth-order valence-corrected chi connectivity index (χ4v) is 3.03. The minimum Gasteiger partial charge on any atom is -0.363 e. The van der Waals surface area contributed by atoms with Crippen LogP contribution in [0, 0.1) is 6.92 Å². The third-order valence-electron chi connectivity index (χ3n) is 4.06. The molecule has 2 heterocycles. The highest BCUT2D eigenvalue weighted by atomic mass is 15.2. The van der Waals surface area contributed by atoms with Gasteiger partial charge in [0.15, 0.2) is 5.65 Å². The Morgan fingerprint density at radius 1 is 1.30 bits per heavy atom. The number of nitrogens with one attached hydrogen (secondary N) is 2. The molecular weight excluding hydrogens is 250 g/mol. The van der Waals surface area contributed by atoms with Gasteiger partial charge in [0.1, 0.15) is 12.1 Å². The number of aromatic amines is 1. The van der Waals surface area contributed by atoms with Gasteiger partial charge in [-0.25, -0.2) is 9.97 Å². The van der Waals surface area contributed by atoms with Crippen molar-refractivity contribution < 1.29 is 0 Å². The molecule has 2 aromatic heterocycles. The number of hydrogen-bond donors (Lipinski definition) is 2. The van der Waals surface area contributed by atoms with Gasteiger partial charge in [-0.05, 0) is 36.5 Å². The fourth-order valence-electron chi connectivity index (χ4n) is 3.03. The molecule has 0 radical (unpaired) electrons. The van der Waals surface area contributed by atoms with E-state index in [0.29, 0.717) is 6.04 Å². The lowest BCUT2D eigenvalue weighted by Gasteiger charge is -2.15. The summed E-state index contributed by atoms with van der Waals surface area (Å²) < 4.78 is 0. The van der Waals surface area contributed by atoms with Crippen molar-refractivity contribution in [1.82, 2.24) is 20.2 Å². The number of fused-ring (bicyclic) bond motifs is 2. The summed E-state index contributed by atoms with van der Waals surface area (Å²) in [7, 11) is 0. The van der Waals surface area contributed by atoms with Crippen LogP contribution in [0.5, 0.6) is 0 Å². The lowest BCUT2D eigenvalue weighted by atomic mass is 10.0. The van der Waals surface area contributed by atoms with Crippen LogP contribution in [0.1, 0.15) is 29.2 Å². The van der Waals surface area contributed by atoms with Gasteiger partial charge in [0.2, 0.25) is 0 Å². The van der Waals surface area contributed by atoms with E-state index in [1.54, 1.807) is 12.5 Å². The van der Waals surface area contributed by atoms with Crippen molar-refractivity contribution in [1.29, 1.82) is 0 Å². The van der Waals surface area contributed by atoms with Gasteiger partial charge in [0.05, 0.1) is 17.6 Å². The van der Waals surface area contributed by atoms with Crippen molar-refractivity contribution in [3.8, 4) is 0 Å². The van der Waals surface area contributed by atoms with Gasteiger partial charge in [-0.3, -0.25) is 5.10 Å². The largest absolute Gasteiger partial charge is 0.363 e. The average Bonchev–Trinajstić information content (AvgIpc) is 3.07. The van der Waals surface area contributed by atoms with E-state index < -0.39 is 0 Å². The summed E-state index contributed by atoms with van der Waals surface area (Å²) in [6, 6.07) is 6.83. The van der Waals surface area contributed by atoms with E-state index in [4.69, 9.17) is 0 Å². The van der Waals surface area contributed by atoms with Gasteiger partial charge < -0.3 is 5.32 Å². The van der Waals surface area contributed by atoms with Gasteiger partial charge >= 0.3 is 0 Å². The van der Waals surface area contributed by atoms with Crippen molar-refractivity contribution in [2.45, 2.75) is 25.8 Å². The molecule has 0 bridgehead atoms. The molecule has 20 heavy (non-hydrogen) atoms. The number of benzene rings is 1. The van der Waals surface area contributed by atoms with Crippen molar-refractivity contribution in [3.63, 3.8) is 0 Å². The van der Waals surface area contributed by atoms with E-state index in [9.17, 15) is 0 Å². The molecule has 1 aromatic carbocycles. The minimum atomic E-state index is 0.317. The fraction of sp³-hybridized carbons (Fsp3) is 0.267. The molecule has 1 atom stereocenters. The number of nitrogens with zero attached hydrogens (tertiary/aromatic N) is 3. The van der Waals surface area contributed by atoms with Crippen LogP contribution in [0.4, 0.5) is 5.82 Å². The van der Waals surface area contributed by atoms with Crippen molar-refractivity contribution in [3.05, 3.63) is 47.4 Å². The molecule has 1 aliphatic rings. The molecule has 100 valence electrons. The topological polar surface area (TPSA) is 66.5 Å². The first-order chi connectivity index (χ1) is 9.83. The highest BCUT2D eigenvalue weighted by Crippen LogP contribution is 2.35. The molecule has 1 aliphatic carbocycles. The molecule has 4 rings (SSSR count). The lowest BCUT2D eigenvalue weighted by molar-refractivity contribution is 0.758. The number of hydrogen-bond acceptors (Lipinski definition) is 4. The van der Waals surface area contributed by atoms with Crippen LogP contribution in [-0.2, 0) is 6.42 Å². The van der Waals surface area contributed by atoms with Gasteiger partial charge in [-0.2, -0.15) is 5.10 Å². The third kappa shape index (κ3) is 1.66. The quantitative estimate of drug-likeness (QED) is 0.747. The lowest BCUT2D eigenvalue weighted by Crippen LogP contribution is -2.09. The zero-order valence-corrected chi connectivity index (χ0v) is 11.2. The molecule has 0 aliphatic heterocycles. The molecular formula is C15H15N5. The summed E-state index contributed by atoms with van der Waals surface area (Å²) in [6.07, 6.45) is 5.56. The molecule has 1 unspecified atom stereocenters.